The Morgan fingerprint density at radius 2 is 2.13 bits per heavy atom. The monoisotopic (exact) mass is 209 g/mol. The molecule has 80 valence electrons. The van der Waals surface area contributed by atoms with Crippen LogP contribution in [0.3, 0.4) is 0 Å². The fourth-order valence-electron chi connectivity index (χ4n) is 1.02. The maximum absolute atomic E-state index is 11.6. The highest BCUT2D eigenvalue weighted by Crippen LogP contribution is 2.11. The number of nitrogens with zero attached hydrogens (tertiary/aromatic N) is 1. The van der Waals surface area contributed by atoms with E-state index < -0.39 is 5.91 Å². The average Bonchev–Trinajstić information content (AvgIpc) is 2.25. The lowest BCUT2D eigenvalue weighted by Crippen LogP contribution is -2.39. The third kappa shape index (κ3) is 2.68. The molecule has 0 fully saturated rings. The van der Waals surface area contributed by atoms with Crippen molar-refractivity contribution in [2.75, 3.05) is 12.5 Å². The lowest BCUT2D eigenvalue weighted by Gasteiger charge is -2.15. The van der Waals surface area contributed by atoms with E-state index in [1.807, 2.05) is 0 Å². The minimum Gasteiger partial charge on any atom is -0.445 e. The first kappa shape index (κ1) is 11.0. The molecule has 0 aliphatic heterocycles. The van der Waals surface area contributed by atoms with Crippen LogP contribution >= 0.6 is 0 Å². The summed E-state index contributed by atoms with van der Waals surface area (Å²) < 4.78 is 4.34. The normalized spacial score (nSPS) is 9.40. The molecule has 6 nitrogen and oxygen atoms in total. The minimum absolute atomic E-state index is 0.210. The predicted molar refractivity (Wildman–Crippen MR) is 53.2 cm³/mol. The van der Waals surface area contributed by atoms with E-state index in [1.54, 1.807) is 24.3 Å². The van der Waals surface area contributed by atoms with Gasteiger partial charge in [-0.2, -0.15) is 0 Å². The van der Waals surface area contributed by atoms with Crippen molar-refractivity contribution in [2.45, 2.75) is 0 Å². The quantitative estimate of drug-likeness (QED) is 0.177. The lowest BCUT2D eigenvalue weighted by molar-refractivity contribution is -0.132. The van der Waals surface area contributed by atoms with Crippen molar-refractivity contribution in [2.24, 2.45) is 5.84 Å². The van der Waals surface area contributed by atoms with Crippen LogP contribution in [0.2, 0.25) is 0 Å². The number of rotatable bonds is 4. The van der Waals surface area contributed by atoms with Crippen LogP contribution in [0.4, 0.5) is 5.69 Å². The van der Waals surface area contributed by atoms with E-state index in [-0.39, 0.29) is 18.8 Å². The second kappa shape index (κ2) is 4.97. The first-order chi connectivity index (χ1) is 7.16. The molecule has 6 heteroatoms. The summed E-state index contributed by atoms with van der Waals surface area (Å²) in [6.45, 7) is -0.0990. The standard InChI is InChI=1S/C9H11N3O3/c10-8-4-2-1-3-7(8)9(14)12(11)5-15-6-13/h1-4,6H,5,10-11H2. The Kier molecular flexibility index (Phi) is 3.64. The summed E-state index contributed by atoms with van der Waals surface area (Å²) in [5.41, 5.74) is 6.17. The molecule has 0 saturated carbocycles. The number of nitrogens with two attached hydrogens (primary N) is 2. The molecule has 0 heterocycles. The van der Waals surface area contributed by atoms with E-state index in [2.05, 4.69) is 4.74 Å². The van der Waals surface area contributed by atoms with Crippen molar-refractivity contribution >= 4 is 18.1 Å². The van der Waals surface area contributed by atoms with E-state index in [0.717, 1.165) is 5.01 Å². The van der Waals surface area contributed by atoms with Gasteiger partial charge in [-0.15, -0.1) is 0 Å². The van der Waals surface area contributed by atoms with Gasteiger partial charge in [-0.1, -0.05) is 12.1 Å². The summed E-state index contributed by atoms with van der Waals surface area (Å²) in [4.78, 5) is 21.5. The zero-order valence-electron chi connectivity index (χ0n) is 7.92. The average molecular weight is 209 g/mol. The highest BCUT2D eigenvalue weighted by atomic mass is 16.5. The second-order valence-corrected chi connectivity index (χ2v) is 2.75. The number of hydrogen-bond donors (Lipinski definition) is 2. The molecule has 0 atom stereocenters. The van der Waals surface area contributed by atoms with Gasteiger partial charge in [0.25, 0.3) is 12.4 Å². The molecule has 4 N–H and O–H groups in total. The van der Waals surface area contributed by atoms with Crippen LogP contribution in [0.1, 0.15) is 10.4 Å². The Morgan fingerprint density at radius 3 is 2.73 bits per heavy atom. The van der Waals surface area contributed by atoms with Gasteiger partial charge < -0.3 is 10.5 Å². The first-order valence-electron chi connectivity index (χ1n) is 4.13. The number of ether oxygens (including phenoxy) is 1. The van der Waals surface area contributed by atoms with E-state index in [9.17, 15) is 9.59 Å². The Bertz CT molecular complexity index is 367. The molecule has 0 radical (unpaired) electrons. The molecule has 0 bridgehead atoms. The van der Waals surface area contributed by atoms with Gasteiger partial charge in [-0.25, -0.2) is 10.9 Å². The molecular formula is C9H11N3O3. The second-order valence-electron chi connectivity index (χ2n) is 2.75. The molecule has 0 aliphatic rings. The van der Waals surface area contributed by atoms with Gasteiger partial charge in [0, 0.05) is 5.69 Å². The molecule has 15 heavy (non-hydrogen) atoms. The van der Waals surface area contributed by atoms with Gasteiger partial charge in [0.2, 0.25) is 0 Å². The fraction of sp³-hybridized carbons (Fsp3) is 0.111. The van der Waals surface area contributed by atoms with E-state index in [1.165, 1.54) is 0 Å². The SMILES string of the molecule is Nc1ccccc1C(=O)N(N)COC=O. The third-order valence-electron chi connectivity index (χ3n) is 1.73. The van der Waals surface area contributed by atoms with Crippen LogP contribution in [-0.4, -0.2) is 24.1 Å². The first-order valence-corrected chi connectivity index (χ1v) is 4.13. The van der Waals surface area contributed by atoms with Crippen LogP contribution < -0.4 is 11.6 Å². The third-order valence-corrected chi connectivity index (χ3v) is 1.73. The van der Waals surface area contributed by atoms with E-state index in [0.29, 0.717) is 5.69 Å². The van der Waals surface area contributed by atoms with Crippen molar-refractivity contribution < 1.29 is 14.3 Å². The van der Waals surface area contributed by atoms with E-state index >= 15 is 0 Å². The molecule has 1 aromatic rings. The Morgan fingerprint density at radius 1 is 1.47 bits per heavy atom. The number of nitrogen functional groups attached to an aromatic ring is 1. The molecule has 0 spiro atoms. The van der Waals surface area contributed by atoms with Gasteiger partial charge in [-0.3, -0.25) is 9.59 Å². The Hall–Kier alpha value is -2.08. The van der Waals surface area contributed by atoms with Crippen molar-refractivity contribution in [1.82, 2.24) is 5.01 Å². The Balaban J connectivity index is 2.76. The molecule has 0 aliphatic carbocycles. The number of anilines is 1. The summed E-state index contributed by atoms with van der Waals surface area (Å²) in [6.07, 6.45) is 0. The molecule has 0 aromatic heterocycles. The zero-order chi connectivity index (χ0) is 11.3. The van der Waals surface area contributed by atoms with Gasteiger partial charge in [0.1, 0.15) is 0 Å². The lowest BCUT2D eigenvalue weighted by atomic mass is 10.1. The number of carbonyl (C=O) groups is 2. The number of hydrogen-bond acceptors (Lipinski definition) is 5. The highest BCUT2D eigenvalue weighted by molar-refractivity contribution is 5.98. The number of benzene rings is 1. The van der Waals surface area contributed by atoms with Gasteiger partial charge in [-0.05, 0) is 12.1 Å². The number of para-hydroxylation sites is 1. The molecule has 1 amide bonds. The van der Waals surface area contributed by atoms with Crippen LogP contribution in [0.25, 0.3) is 0 Å². The van der Waals surface area contributed by atoms with Crippen LogP contribution in [0, 0.1) is 0 Å². The smallest absolute Gasteiger partial charge is 0.294 e. The topological polar surface area (TPSA) is 98.7 Å². The number of hydrazine groups is 1. The van der Waals surface area contributed by atoms with E-state index in [4.69, 9.17) is 11.6 Å². The van der Waals surface area contributed by atoms with Crippen molar-refractivity contribution in [3.8, 4) is 0 Å². The van der Waals surface area contributed by atoms with Gasteiger partial charge >= 0.3 is 0 Å². The summed E-state index contributed by atoms with van der Waals surface area (Å²) >= 11 is 0. The Labute approximate surface area is 86.4 Å². The van der Waals surface area contributed by atoms with Gasteiger partial charge in [0.15, 0.2) is 6.73 Å². The number of amides is 1. The van der Waals surface area contributed by atoms with Crippen LogP contribution in [-0.2, 0) is 9.53 Å². The fourth-order valence-corrected chi connectivity index (χ4v) is 1.02. The van der Waals surface area contributed by atoms with Crippen LogP contribution in [0.15, 0.2) is 24.3 Å². The minimum atomic E-state index is -0.505. The molecule has 0 saturated heterocycles. The summed E-state index contributed by atoms with van der Waals surface area (Å²) in [6, 6.07) is 6.49. The zero-order valence-corrected chi connectivity index (χ0v) is 7.92. The molecule has 0 unspecified atom stereocenters. The predicted octanol–water partition coefficient (Wildman–Crippen LogP) is -0.285. The van der Waals surface area contributed by atoms with Crippen molar-refractivity contribution in [3.63, 3.8) is 0 Å². The van der Waals surface area contributed by atoms with Crippen molar-refractivity contribution in [1.29, 1.82) is 0 Å². The maximum Gasteiger partial charge on any atom is 0.294 e. The van der Waals surface area contributed by atoms with Crippen molar-refractivity contribution in [3.05, 3.63) is 29.8 Å². The summed E-state index contributed by atoms with van der Waals surface area (Å²) in [5, 5.41) is 0.764. The summed E-state index contributed by atoms with van der Waals surface area (Å²) in [7, 11) is 0. The molecule has 1 rings (SSSR count). The molecule has 1 aromatic carbocycles. The number of carbonyl (C=O) groups excluding carboxylic acids is 2. The largest absolute Gasteiger partial charge is 0.445 e. The van der Waals surface area contributed by atoms with Crippen LogP contribution in [0.5, 0.6) is 0 Å². The van der Waals surface area contributed by atoms with Gasteiger partial charge in [0.05, 0.1) is 5.56 Å². The molecular weight excluding hydrogens is 198 g/mol. The summed E-state index contributed by atoms with van der Waals surface area (Å²) in [5.74, 6) is 4.84. The maximum atomic E-state index is 11.6. The highest BCUT2D eigenvalue weighted by Gasteiger charge is 2.14.